The fourth-order valence-electron chi connectivity index (χ4n) is 2.92. The Hall–Kier alpha value is -3.29. The summed E-state index contributed by atoms with van der Waals surface area (Å²) in [7, 11) is 0. The number of carbonyl (C=O) groups excluding carboxylic acids is 1. The van der Waals surface area contributed by atoms with E-state index in [0.717, 1.165) is 5.57 Å². The maximum Gasteiger partial charge on any atom is 0.255 e. The van der Waals surface area contributed by atoms with Crippen molar-refractivity contribution in [3.63, 3.8) is 0 Å². The van der Waals surface area contributed by atoms with E-state index in [1.165, 1.54) is 24.4 Å². The number of carbonyl (C=O) groups is 1. The lowest BCUT2D eigenvalue weighted by molar-refractivity contribution is 0.0923. The molecule has 3 N–H and O–H groups in total. The van der Waals surface area contributed by atoms with E-state index >= 15 is 0 Å². The first-order valence-electron chi connectivity index (χ1n) is 9.54. The second-order valence-corrected chi connectivity index (χ2v) is 7.56. The van der Waals surface area contributed by atoms with Gasteiger partial charge in [0.1, 0.15) is 5.82 Å². The van der Waals surface area contributed by atoms with Crippen molar-refractivity contribution < 1.29 is 14.3 Å². The summed E-state index contributed by atoms with van der Waals surface area (Å²) in [6, 6.07) is 7.18. The van der Waals surface area contributed by atoms with Crippen molar-refractivity contribution in [3.8, 4) is 11.3 Å². The molecule has 0 saturated heterocycles. The zero-order chi connectivity index (χ0) is 22.5. The molecule has 6 nitrogen and oxygen atoms in total. The van der Waals surface area contributed by atoms with Crippen molar-refractivity contribution in [2.45, 2.75) is 19.9 Å². The number of pyridine rings is 2. The topological polar surface area (TPSA) is 87.1 Å². The third-order valence-corrected chi connectivity index (χ3v) is 4.79. The van der Waals surface area contributed by atoms with Crippen LogP contribution in [-0.2, 0) is 0 Å². The summed E-state index contributed by atoms with van der Waals surface area (Å²) in [5, 5.41) is 15.5. The van der Waals surface area contributed by atoms with Gasteiger partial charge in [0.2, 0.25) is 0 Å². The van der Waals surface area contributed by atoms with E-state index in [1.54, 1.807) is 31.5 Å². The van der Waals surface area contributed by atoms with Gasteiger partial charge in [-0.15, -0.1) is 0 Å². The Bertz CT molecular complexity index is 1140. The van der Waals surface area contributed by atoms with Crippen LogP contribution in [0.3, 0.4) is 0 Å². The Balaban J connectivity index is 2.04. The standard InChI is InChI=1S/C23H22ClFN4O2/c1-13(2)17-11-27-21(16-8-15(24)4-5-19(16)25)9-22(17)29-20-6-7-26-10-18(20)23(31)28-14(3)12-30/h4-11,14,30H,1,12H2,2-3H3,(H,28,31)(H,26,27,29)/t14-/m0/s1. The van der Waals surface area contributed by atoms with Gasteiger partial charge >= 0.3 is 0 Å². The van der Waals surface area contributed by atoms with Crippen LogP contribution in [-0.4, -0.2) is 33.6 Å². The Morgan fingerprint density at radius 1 is 1.23 bits per heavy atom. The summed E-state index contributed by atoms with van der Waals surface area (Å²) in [5.74, 6) is -0.836. The number of hydrogen-bond donors (Lipinski definition) is 3. The highest BCUT2D eigenvalue weighted by molar-refractivity contribution is 6.30. The van der Waals surface area contributed by atoms with E-state index < -0.39 is 11.9 Å². The van der Waals surface area contributed by atoms with Crippen molar-refractivity contribution in [3.05, 3.63) is 77.5 Å². The van der Waals surface area contributed by atoms with Crippen LogP contribution in [0.15, 0.2) is 55.5 Å². The summed E-state index contributed by atoms with van der Waals surface area (Å²) in [6.07, 6.45) is 4.57. The summed E-state index contributed by atoms with van der Waals surface area (Å²) in [6.45, 7) is 7.30. The molecule has 0 fully saturated rings. The third kappa shape index (κ3) is 5.25. The highest BCUT2D eigenvalue weighted by Gasteiger charge is 2.17. The van der Waals surface area contributed by atoms with Crippen molar-refractivity contribution in [2.75, 3.05) is 11.9 Å². The lowest BCUT2D eigenvalue weighted by Crippen LogP contribution is -2.35. The van der Waals surface area contributed by atoms with Gasteiger partial charge in [0.05, 0.1) is 23.6 Å². The molecule has 0 radical (unpaired) electrons. The molecular weight excluding hydrogens is 419 g/mol. The Morgan fingerprint density at radius 2 is 2.00 bits per heavy atom. The molecule has 3 rings (SSSR count). The van der Waals surface area contributed by atoms with Crippen LogP contribution in [0.25, 0.3) is 16.8 Å². The van der Waals surface area contributed by atoms with E-state index in [0.29, 0.717) is 33.2 Å². The lowest BCUT2D eigenvalue weighted by Gasteiger charge is -2.17. The van der Waals surface area contributed by atoms with Gasteiger partial charge < -0.3 is 15.7 Å². The number of aliphatic hydroxyl groups excluding tert-OH is 1. The number of allylic oxidation sites excluding steroid dienone is 1. The monoisotopic (exact) mass is 440 g/mol. The predicted molar refractivity (Wildman–Crippen MR) is 121 cm³/mol. The normalized spacial score (nSPS) is 11.6. The number of amides is 1. The van der Waals surface area contributed by atoms with E-state index in [-0.39, 0.29) is 18.1 Å². The summed E-state index contributed by atoms with van der Waals surface area (Å²) < 4.78 is 14.4. The smallest absolute Gasteiger partial charge is 0.255 e. The van der Waals surface area contributed by atoms with Crippen molar-refractivity contribution in [1.29, 1.82) is 0 Å². The van der Waals surface area contributed by atoms with Gasteiger partial charge in [-0.2, -0.15) is 0 Å². The molecule has 0 aliphatic carbocycles. The Kier molecular flexibility index (Phi) is 6.99. The first-order valence-corrected chi connectivity index (χ1v) is 9.92. The van der Waals surface area contributed by atoms with Gasteiger partial charge in [-0.05, 0) is 49.8 Å². The van der Waals surface area contributed by atoms with Crippen LogP contribution in [0.2, 0.25) is 5.02 Å². The number of hydrogen-bond acceptors (Lipinski definition) is 5. The number of anilines is 2. The molecule has 2 aromatic heterocycles. The second kappa shape index (κ2) is 9.68. The van der Waals surface area contributed by atoms with Crippen LogP contribution in [0.1, 0.15) is 29.8 Å². The fourth-order valence-corrected chi connectivity index (χ4v) is 3.09. The number of halogens is 2. The third-order valence-electron chi connectivity index (χ3n) is 4.55. The molecule has 160 valence electrons. The summed E-state index contributed by atoms with van der Waals surface area (Å²) >= 11 is 6.03. The maximum absolute atomic E-state index is 14.4. The molecule has 2 heterocycles. The Morgan fingerprint density at radius 3 is 2.71 bits per heavy atom. The lowest BCUT2D eigenvalue weighted by atomic mass is 10.0. The average molecular weight is 441 g/mol. The van der Waals surface area contributed by atoms with Crippen LogP contribution >= 0.6 is 11.6 Å². The van der Waals surface area contributed by atoms with E-state index in [2.05, 4.69) is 27.2 Å². The molecule has 1 amide bonds. The fraction of sp³-hybridized carbons (Fsp3) is 0.174. The number of rotatable bonds is 7. The molecule has 3 aromatic rings. The minimum atomic E-state index is -0.451. The zero-order valence-corrected chi connectivity index (χ0v) is 17.9. The first kappa shape index (κ1) is 22.4. The van der Waals surface area contributed by atoms with Crippen LogP contribution < -0.4 is 10.6 Å². The predicted octanol–water partition coefficient (Wildman–Crippen LogP) is 4.82. The molecule has 0 aliphatic rings. The van der Waals surface area contributed by atoms with E-state index in [9.17, 15) is 14.3 Å². The van der Waals surface area contributed by atoms with Crippen molar-refractivity contribution in [2.24, 2.45) is 0 Å². The number of nitrogens with zero attached hydrogens (tertiary/aromatic N) is 2. The minimum absolute atomic E-state index is 0.187. The molecule has 0 aliphatic heterocycles. The van der Waals surface area contributed by atoms with Crippen molar-refractivity contribution in [1.82, 2.24) is 15.3 Å². The van der Waals surface area contributed by atoms with Crippen molar-refractivity contribution >= 4 is 34.5 Å². The van der Waals surface area contributed by atoms with Gasteiger partial charge in [-0.3, -0.25) is 14.8 Å². The van der Waals surface area contributed by atoms with Gasteiger partial charge in [0.25, 0.3) is 5.91 Å². The molecule has 8 heteroatoms. The van der Waals surface area contributed by atoms with Gasteiger partial charge in [-0.25, -0.2) is 4.39 Å². The maximum atomic E-state index is 14.4. The molecule has 0 bridgehead atoms. The average Bonchev–Trinajstić information content (AvgIpc) is 2.75. The quantitative estimate of drug-likeness (QED) is 0.490. The van der Waals surface area contributed by atoms with Crippen LogP contribution in [0, 0.1) is 5.82 Å². The number of nitrogens with one attached hydrogen (secondary N) is 2. The Labute approximate surface area is 184 Å². The molecular formula is C23H22ClFN4O2. The SMILES string of the molecule is C=C(C)c1cnc(-c2cc(Cl)ccc2F)cc1Nc1ccncc1C(=O)N[C@@H](C)CO. The van der Waals surface area contributed by atoms with E-state index in [1.807, 2.05) is 6.92 Å². The molecule has 0 spiro atoms. The molecule has 1 aromatic carbocycles. The van der Waals surface area contributed by atoms with Crippen LogP contribution in [0.4, 0.5) is 15.8 Å². The van der Waals surface area contributed by atoms with Crippen LogP contribution in [0.5, 0.6) is 0 Å². The number of aliphatic hydroxyl groups is 1. The number of aromatic nitrogens is 2. The molecule has 0 saturated carbocycles. The largest absolute Gasteiger partial charge is 0.394 e. The summed E-state index contributed by atoms with van der Waals surface area (Å²) in [4.78, 5) is 21.0. The summed E-state index contributed by atoms with van der Waals surface area (Å²) in [5.41, 5.74) is 3.45. The molecule has 1 atom stereocenters. The second-order valence-electron chi connectivity index (χ2n) is 7.12. The highest BCUT2D eigenvalue weighted by atomic mass is 35.5. The van der Waals surface area contributed by atoms with Gasteiger partial charge in [0.15, 0.2) is 0 Å². The molecule has 0 unspecified atom stereocenters. The first-order chi connectivity index (χ1) is 14.8. The van der Waals surface area contributed by atoms with E-state index in [4.69, 9.17) is 11.6 Å². The zero-order valence-electron chi connectivity index (χ0n) is 17.1. The van der Waals surface area contributed by atoms with Gasteiger partial charge in [0, 0.05) is 46.5 Å². The highest BCUT2D eigenvalue weighted by Crippen LogP contribution is 2.32. The molecule has 31 heavy (non-hydrogen) atoms. The minimum Gasteiger partial charge on any atom is -0.394 e. The number of benzene rings is 1. The van der Waals surface area contributed by atoms with Gasteiger partial charge in [-0.1, -0.05) is 18.2 Å².